The minimum atomic E-state index is -2.97. The fourth-order valence-corrected chi connectivity index (χ4v) is 1.10. The number of nitrogens with one attached hydrogen (secondary N) is 1. The van der Waals surface area contributed by atoms with Crippen LogP contribution >= 0.6 is 0 Å². The predicted molar refractivity (Wildman–Crippen MR) is 60.6 cm³/mol. The minimum absolute atomic E-state index is 0.363. The average Bonchev–Trinajstić information content (AvgIpc) is 2.06. The average molecular weight is 267 g/mol. The van der Waals surface area contributed by atoms with Crippen LogP contribution in [-0.2, 0) is 9.53 Å². The van der Waals surface area contributed by atoms with Crippen molar-refractivity contribution < 1.29 is 28.2 Å². The highest BCUT2D eigenvalue weighted by atomic mass is 19.3. The number of carboxylic acids is 1. The molecule has 1 atom stereocenters. The van der Waals surface area contributed by atoms with Crippen molar-refractivity contribution in [1.29, 1.82) is 0 Å². The van der Waals surface area contributed by atoms with Crippen molar-refractivity contribution in [3.8, 4) is 0 Å². The second-order valence-electron chi connectivity index (χ2n) is 5.15. The van der Waals surface area contributed by atoms with Crippen molar-refractivity contribution in [3.63, 3.8) is 0 Å². The van der Waals surface area contributed by atoms with Gasteiger partial charge in [0.1, 0.15) is 11.6 Å². The highest BCUT2D eigenvalue weighted by Crippen LogP contribution is 2.20. The van der Waals surface area contributed by atoms with Gasteiger partial charge in [0.15, 0.2) is 0 Å². The van der Waals surface area contributed by atoms with Gasteiger partial charge in [-0.05, 0) is 34.1 Å². The van der Waals surface area contributed by atoms with Crippen molar-refractivity contribution in [1.82, 2.24) is 5.32 Å². The van der Waals surface area contributed by atoms with Crippen LogP contribution in [0.1, 0.15) is 40.5 Å². The third-order valence-electron chi connectivity index (χ3n) is 1.86. The molecule has 0 rings (SSSR count). The van der Waals surface area contributed by atoms with E-state index in [4.69, 9.17) is 9.84 Å². The van der Waals surface area contributed by atoms with Gasteiger partial charge in [0.2, 0.25) is 5.92 Å². The Hall–Kier alpha value is -1.40. The van der Waals surface area contributed by atoms with Crippen LogP contribution in [-0.4, -0.2) is 34.7 Å². The largest absolute Gasteiger partial charge is 0.480 e. The van der Waals surface area contributed by atoms with Gasteiger partial charge in [0.25, 0.3) is 0 Å². The molecule has 18 heavy (non-hydrogen) atoms. The topological polar surface area (TPSA) is 75.6 Å². The summed E-state index contributed by atoms with van der Waals surface area (Å²) in [4.78, 5) is 22.1. The quantitative estimate of drug-likeness (QED) is 0.802. The van der Waals surface area contributed by atoms with Crippen molar-refractivity contribution in [2.75, 3.05) is 0 Å². The Morgan fingerprint density at radius 2 is 1.78 bits per heavy atom. The van der Waals surface area contributed by atoms with Crippen LogP contribution < -0.4 is 5.32 Å². The maximum Gasteiger partial charge on any atom is 0.408 e. The SMILES string of the molecule is CC(F)(F)CC[C@H](NC(=O)OC(C)(C)C)C(=O)O. The van der Waals surface area contributed by atoms with Gasteiger partial charge in [-0.25, -0.2) is 18.4 Å². The van der Waals surface area contributed by atoms with Crippen LogP contribution in [0.2, 0.25) is 0 Å². The van der Waals surface area contributed by atoms with E-state index < -0.39 is 36.0 Å². The number of rotatable bonds is 5. The third-order valence-corrected chi connectivity index (χ3v) is 1.86. The summed E-state index contributed by atoms with van der Waals surface area (Å²) in [5.41, 5.74) is -0.776. The van der Waals surface area contributed by atoms with E-state index in [9.17, 15) is 18.4 Å². The maximum atomic E-state index is 12.6. The number of amides is 1. The summed E-state index contributed by atoms with van der Waals surface area (Å²) in [7, 11) is 0. The molecule has 0 aliphatic heterocycles. The Balaban J connectivity index is 4.37. The minimum Gasteiger partial charge on any atom is -0.480 e. The number of carbonyl (C=O) groups excluding carboxylic acids is 1. The van der Waals surface area contributed by atoms with Gasteiger partial charge in [-0.1, -0.05) is 0 Å². The van der Waals surface area contributed by atoms with Crippen molar-refractivity contribution in [2.45, 2.75) is 58.1 Å². The van der Waals surface area contributed by atoms with Gasteiger partial charge in [0, 0.05) is 6.42 Å². The van der Waals surface area contributed by atoms with Crippen LogP contribution in [0.15, 0.2) is 0 Å². The molecule has 0 fully saturated rings. The van der Waals surface area contributed by atoms with E-state index in [1.54, 1.807) is 20.8 Å². The molecule has 0 aliphatic rings. The standard InChI is InChI=1S/C11H19F2NO4/c1-10(2,3)18-9(17)14-7(8(15)16)5-6-11(4,12)13/h7H,5-6H2,1-4H3,(H,14,17)(H,15,16)/t7-/m0/s1. The molecule has 0 aliphatic carbocycles. The zero-order chi connectivity index (χ0) is 14.6. The molecule has 7 heteroatoms. The summed E-state index contributed by atoms with van der Waals surface area (Å²) < 4.78 is 30.1. The second-order valence-corrected chi connectivity index (χ2v) is 5.15. The van der Waals surface area contributed by atoms with Crippen molar-refractivity contribution in [2.24, 2.45) is 0 Å². The normalized spacial score (nSPS) is 13.9. The molecule has 106 valence electrons. The first-order valence-corrected chi connectivity index (χ1v) is 5.51. The maximum absolute atomic E-state index is 12.6. The number of aliphatic carboxylic acids is 1. The molecular weight excluding hydrogens is 248 g/mol. The number of hydrogen-bond acceptors (Lipinski definition) is 3. The summed E-state index contributed by atoms with van der Waals surface area (Å²) in [6, 6.07) is -1.38. The molecule has 0 aromatic carbocycles. The molecule has 0 aromatic heterocycles. The summed E-state index contributed by atoms with van der Waals surface area (Å²) >= 11 is 0. The first-order valence-electron chi connectivity index (χ1n) is 5.51. The lowest BCUT2D eigenvalue weighted by atomic mass is 10.1. The third kappa shape index (κ3) is 8.72. The van der Waals surface area contributed by atoms with Crippen molar-refractivity contribution >= 4 is 12.1 Å². The fraction of sp³-hybridized carbons (Fsp3) is 0.818. The summed E-state index contributed by atoms with van der Waals surface area (Å²) in [6.45, 7) is 5.53. The summed E-state index contributed by atoms with van der Waals surface area (Å²) in [5.74, 6) is -4.34. The number of hydrogen-bond donors (Lipinski definition) is 2. The first kappa shape index (κ1) is 16.6. The van der Waals surface area contributed by atoms with E-state index in [0.29, 0.717) is 6.92 Å². The van der Waals surface area contributed by atoms with E-state index in [0.717, 1.165) is 0 Å². The zero-order valence-corrected chi connectivity index (χ0v) is 10.9. The summed E-state index contributed by atoms with van der Waals surface area (Å²) in [6.07, 6.45) is -1.92. The molecule has 0 radical (unpaired) electrons. The zero-order valence-electron chi connectivity index (χ0n) is 10.9. The summed E-state index contributed by atoms with van der Waals surface area (Å²) in [5, 5.41) is 10.9. The highest BCUT2D eigenvalue weighted by molar-refractivity contribution is 5.79. The van der Waals surface area contributed by atoms with E-state index in [1.165, 1.54) is 0 Å². The van der Waals surface area contributed by atoms with Gasteiger partial charge >= 0.3 is 12.1 Å². The Morgan fingerprint density at radius 1 is 1.28 bits per heavy atom. The van der Waals surface area contributed by atoms with Gasteiger partial charge in [-0.15, -0.1) is 0 Å². The van der Waals surface area contributed by atoms with Crippen LogP contribution in [0, 0.1) is 0 Å². The number of carbonyl (C=O) groups is 2. The van der Waals surface area contributed by atoms with E-state index >= 15 is 0 Å². The predicted octanol–water partition coefficient (Wildman–Crippen LogP) is 2.40. The Bertz CT molecular complexity index is 307. The lowest BCUT2D eigenvalue weighted by Gasteiger charge is -2.22. The molecule has 2 N–H and O–H groups in total. The Morgan fingerprint density at radius 3 is 2.11 bits per heavy atom. The molecule has 0 saturated carbocycles. The molecule has 5 nitrogen and oxygen atoms in total. The first-order chi connectivity index (χ1) is 7.91. The molecule has 0 aromatic rings. The van der Waals surface area contributed by atoms with Crippen LogP contribution in [0.3, 0.4) is 0 Å². The van der Waals surface area contributed by atoms with Crippen LogP contribution in [0.25, 0.3) is 0 Å². The number of alkyl halides is 2. The monoisotopic (exact) mass is 267 g/mol. The molecule has 0 unspecified atom stereocenters. The van der Waals surface area contributed by atoms with Crippen LogP contribution in [0.4, 0.5) is 13.6 Å². The lowest BCUT2D eigenvalue weighted by Crippen LogP contribution is -2.44. The molecule has 0 bridgehead atoms. The molecule has 0 saturated heterocycles. The molecule has 0 spiro atoms. The smallest absolute Gasteiger partial charge is 0.408 e. The number of halogens is 2. The highest BCUT2D eigenvalue weighted by Gasteiger charge is 2.28. The number of carboxylic acid groups (broad SMARTS) is 1. The van der Waals surface area contributed by atoms with E-state index in [1.807, 2.05) is 0 Å². The lowest BCUT2D eigenvalue weighted by molar-refractivity contribution is -0.140. The molecule has 0 heterocycles. The van der Waals surface area contributed by atoms with Gasteiger partial charge in [-0.2, -0.15) is 0 Å². The van der Waals surface area contributed by atoms with Gasteiger partial charge in [-0.3, -0.25) is 0 Å². The molecular formula is C11H19F2NO4. The molecule has 1 amide bonds. The van der Waals surface area contributed by atoms with Crippen molar-refractivity contribution in [3.05, 3.63) is 0 Å². The van der Waals surface area contributed by atoms with E-state index in [-0.39, 0.29) is 6.42 Å². The Labute approximate surface area is 105 Å². The van der Waals surface area contributed by atoms with Gasteiger partial charge in [0.05, 0.1) is 0 Å². The number of alkyl carbamates (subject to hydrolysis) is 1. The van der Waals surface area contributed by atoms with Crippen LogP contribution in [0.5, 0.6) is 0 Å². The van der Waals surface area contributed by atoms with E-state index in [2.05, 4.69) is 5.32 Å². The second kappa shape index (κ2) is 5.97. The number of ether oxygens (including phenoxy) is 1. The fourth-order valence-electron chi connectivity index (χ4n) is 1.10. The van der Waals surface area contributed by atoms with Gasteiger partial charge < -0.3 is 15.2 Å². The Kier molecular flexibility index (Phi) is 5.51.